The number of halogens is 4. The highest BCUT2D eigenvalue weighted by Crippen LogP contribution is 2.34. The van der Waals surface area contributed by atoms with Crippen molar-refractivity contribution in [2.24, 2.45) is 0 Å². The number of urea groups is 1. The summed E-state index contributed by atoms with van der Waals surface area (Å²) in [7, 11) is 0. The van der Waals surface area contributed by atoms with Crippen LogP contribution in [0.15, 0.2) is 36.4 Å². The Morgan fingerprint density at radius 3 is 2.59 bits per heavy atom. The van der Waals surface area contributed by atoms with E-state index in [-0.39, 0.29) is 19.0 Å². The zero-order valence-corrected chi connectivity index (χ0v) is 14.3. The van der Waals surface area contributed by atoms with Crippen molar-refractivity contribution in [3.63, 3.8) is 0 Å². The number of carbonyl (C=O) groups is 1. The molecule has 3 rings (SSSR count). The van der Waals surface area contributed by atoms with E-state index in [2.05, 4.69) is 5.32 Å². The molecule has 0 spiro atoms. The summed E-state index contributed by atoms with van der Waals surface area (Å²) in [6, 6.07) is 6.94. The van der Waals surface area contributed by atoms with E-state index in [0.29, 0.717) is 30.2 Å². The van der Waals surface area contributed by atoms with Crippen LogP contribution in [-0.2, 0) is 12.7 Å². The third kappa shape index (κ3) is 4.24. The molecule has 2 aromatic carbocycles. The lowest BCUT2D eigenvalue weighted by Gasteiger charge is -2.22. The van der Waals surface area contributed by atoms with E-state index in [1.807, 2.05) is 0 Å². The Kier molecular flexibility index (Phi) is 5.11. The van der Waals surface area contributed by atoms with Crippen molar-refractivity contribution in [2.75, 3.05) is 18.7 Å². The Hall–Kier alpha value is -2.97. The van der Waals surface area contributed by atoms with E-state index >= 15 is 0 Å². The minimum absolute atomic E-state index is 0.128. The van der Waals surface area contributed by atoms with Crippen LogP contribution in [0.25, 0.3) is 0 Å². The summed E-state index contributed by atoms with van der Waals surface area (Å²) in [5.41, 5.74) is -0.802. The highest BCUT2D eigenvalue weighted by atomic mass is 19.4. The molecule has 2 aromatic rings. The number of nitrogens with one attached hydrogen (secondary N) is 1. The maximum Gasteiger partial charge on any atom is 0.419 e. The third-order valence-corrected chi connectivity index (χ3v) is 4.00. The maximum absolute atomic E-state index is 13.4. The molecule has 0 saturated heterocycles. The molecule has 27 heavy (non-hydrogen) atoms. The fraction of sp³-hybridized carbons (Fsp3) is 0.278. The third-order valence-electron chi connectivity index (χ3n) is 4.00. The van der Waals surface area contributed by atoms with Crippen molar-refractivity contribution in [1.29, 1.82) is 0 Å². The van der Waals surface area contributed by atoms with E-state index < -0.39 is 23.6 Å². The summed E-state index contributed by atoms with van der Waals surface area (Å²) in [5, 5.41) is 2.37. The molecule has 0 aliphatic carbocycles. The van der Waals surface area contributed by atoms with Crippen molar-refractivity contribution in [1.82, 2.24) is 4.90 Å². The molecule has 1 N–H and O–H groups in total. The van der Waals surface area contributed by atoms with Gasteiger partial charge in [-0.3, -0.25) is 0 Å². The minimum atomic E-state index is -4.85. The maximum atomic E-state index is 13.4. The van der Waals surface area contributed by atoms with Crippen LogP contribution < -0.4 is 14.8 Å². The van der Waals surface area contributed by atoms with Crippen molar-refractivity contribution >= 4 is 11.7 Å². The molecular formula is C18H16F4N2O3. The van der Waals surface area contributed by atoms with Gasteiger partial charge in [0.2, 0.25) is 6.79 Å². The molecule has 5 nitrogen and oxygen atoms in total. The Morgan fingerprint density at radius 1 is 1.15 bits per heavy atom. The zero-order chi connectivity index (χ0) is 19.6. The Labute approximate surface area is 152 Å². The second-order valence-corrected chi connectivity index (χ2v) is 5.82. The van der Waals surface area contributed by atoms with E-state index in [4.69, 9.17) is 9.47 Å². The first-order valence-corrected chi connectivity index (χ1v) is 8.09. The van der Waals surface area contributed by atoms with Gasteiger partial charge in [0.25, 0.3) is 0 Å². The van der Waals surface area contributed by atoms with Gasteiger partial charge < -0.3 is 19.7 Å². The summed E-state index contributed by atoms with van der Waals surface area (Å²) in [4.78, 5) is 13.8. The number of ether oxygens (including phenoxy) is 2. The SMILES string of the molecule is CCN(Cc1ccc2c(c1)OCO2)C(=O)Nc1ccc(F)c(C(F)(F)F)c1. The van der Waals surface area contributed by atoms with Gasteiger partial charge in [-0.25, -0.2) is 9.18 Å². The van der Waals surface area contributed by atoms with Crippen LogP contribution in [0.4, 0.5) is 28.0 Å². The minimum Gasteiger partial charge on any atom is -0.454 e. The summed E-state index contributed by atoms with van der Waals surface area (Å²) in [5.74, 6) is -0.220. The van der Waals surface area contributed by atoms with Crippen LogP contribution >= 0.6 is 0 Å². The number of hydrogen-bond acceptors (Lipinski definition) is 3. The fourth-order valence-corrected chi connectivity index (χ4v) is 2.61. The normalized spacial score (nSPS) is 12.8. The summed E-state index contributed by atoms with van der Waals surface area (Å²) in [6.45, 7) is 2.39. The second kappa shape index (κ2) is 7.34. The highest BCUT2D eigenvalue weighted by molar-refractivity contribution is 5.89. The number of alkyl halides is 3. The van der Waals surface area contributed by atoms with E-state index in [0.717, 1.165) is 11.6 Å². The van der Waals surface area contributed by atoms with Gasteiger partial charge in [0, 0.05) is 18.8 Å². The Balaban J connectivity index is 1.72. The predicted octanol–water partition coefficient (Wildman–Crippen LogP) is 4.63. The number of rotatable bonds is 4. The lowest BCUT2D eigenvalue weighted by atomic mass is 10.1. The van der Waals surface area contributed by atoms with Crippen molar-refractivity contribution in [3.8, 4) is 11.5 Å². The fourth-order valence-electron chi connectivity index (χ4n) is 2.61. The first-order valence-electron chi connectivity index (χ1n) is 8.09. The van der Waals surface area contributed by atoms with Crippen molar-refractivity contribution in [3.05, 3.63) is 53.3 Å². The summed E-state index contributed by atoms with van der Waals surface area (Å²) >= 11 is 0. The number of hydrogen-bond donors (Lipinski definition) is 1. The van der Waals surface area contributed by atoms with Gasteiger partial charge in [-0.15, -0.1) is 0 Å². The molecular weight excluding hydrogens is 368 g/mol. The molecule has 9 heteroatoms. The van der Waals surface area contributed by atoms with Crippen LogP contribution in [0, 0.1) is 5.82 Å². The standard InChI is InChI=1S/C18H16F4N2O3/c1-2-24(9-11-3-6-15-16(7-11)27-10-26-15)17(25)23-12-4-5-14(19)13(8-12)18(20,21)22/h3-8H,2,9-10H2,1H3,(H,23,25). The molecule has 0 aromatic heterocycles. The quantitative estimate of drug-likeness (QED) is 0.783. The Bertz CT molecular complexity index is 855. The second-order valence-electron chi connectivity index (χ2n) is 5.82. The molecule has 0 saturated carbocycles. The molecule has 2 amide bonds. The Morgan fingerprint density at radius 2 is 1.89 bits per heavy atom. The van der Waals surface area contributed by atoms with E-state index in [9.17, 15) is 22.4 Å². The largest absolute Gasteiger partial charge is 0.454 e. The number of amides is 2. The lowest BCUT2D eigenvalue weighted by molar-refractivity contribution is -0.139. The first-order chi connectivity index (χ1) is 12.8. The molecule has 0 bridgehead atoms. The smallest absolute Gasteiger partial charge is 0.419 e. The van der Waals surface area contributed by atoms with Gasteiger partial charge >= 0.3 is 12.2 Å². The molecule has 0 unspecified atom stereocenters. The topological polar surface area (TPSA) is 50.8 Å². The van der Waals surface area contributed by atoms with Gasteiger partial charge in [0.1, 0.15) is 5.82 Å². The van der Waals surface area contributed by atoms with Gasteiger partial charge in [-0.2, -0.15) is 13.2 Å². The van der Waals surface area contributed by atoms with Crippen LogP contribution in [0.5, 0.6) is 11.5 Å². The van der Waals surface area contributed by atoms with Gasteiger partial charge in [0.15, 0.2) is 11.5 Å². The zero-order valence-electron chi connectivity index (χ0n) is 14.3. The average molecular weight is 384 g/mol. The first kappa shape index (κ1) is 18.8. The van der Waals surface area contributed by atoms with Crippen LogP contribution in [0.3, 0.4) is 0 Å². The van der Waals surface area contributed by atoms with Crippen molar-refractivity contribution in [2.45, 2.75) is 19.6 Å². The van der Waals surface area contributed by atoms with Crippen LogP contribution in [0.2, 0.25) is 0 Å². The monoisotopic (exact) mass is 384 g/mol. The van der Waals surface area contributed by atoms with Crippen LogP contribution in [0.1, 0.15) is 18.1 Å². The van der Waals surface area contributed by atoms with E-state index in [1.54, 1.807) is 25.1 Å². The number of benzene rings is 2. The van der Waals surface area contributed by atoms with Crippen molar-refractivity contribution < 1.29 is 31.8 Å². The predicted molar refractivity (Wildman–Crippen MR) is 89.1 cm³/mol. The van der Waals surface area contributed by atoms with E-state index in [1.165, 1.54) is 4.90 Å². The number of nitrogens with zero attached hydrogens (tertiary/aromatic N) is 1. The molecule has 0 atom stereocenters. The van der Waals surface area contributed by atoms with Gasteiger partial charge in [0.05, 0.1) is 5.56 Å². The molecule has 0 fully saturated rings. The highest BCUT2D eigenvalue weighted by Gasteiger charge is 2.34. The molecule has 1 aliphatic heterocycles. The lowest BCUT2D eigenvalue weighted by Crippen LogP contribution is -2.34. The molecule has 144 valence electrons. The van der Waals surface area contributed by atoms with Gasteiger partial charge in [-0.1, -0.05) is 6.07 Å². The number of fused-ring (bicyclic) bond motifs is 1. The van der Waals surface area contributed by atoms with Crippen LogP contribution in [-0.4, -0.2) is 24.3 Å². The molecule has 1 aliphatic rings. The molecule has 1 heterocycles. The molecule has 0 radical (unpaired) electrons. The number of anilines is 1. The average Bonchev–Trinajstić information content (AvgIpc) is 3.08. The van der Waals surface area contributed by atoms with Gasteiger partial charge in [-0.05, 0) is 42.8 Å². The summed E-state index contributed by atoms with van der Waals surface area (Å²) < 4.78 is 62.3. The summed E-state index contributed by atoms with van der Waals surface area (Å²) in [6.07, 6.45) is -4.85. The number of carbonyl (C=O) groups excluding carboxylic acids is 1.